The maximum atomic E-state index is 12.6. The van der Waals surface area contributed by atoms with E-state index in [0.29, 0.717) is 24.0 Å². The van der Waals surface area contributed by atoms with E-state index in [4.69, 9.17) is 0 Å². The Morgan fingerprint density at radius 1 is 1.23 bits per heavy atom. The Bertz CT molecular complexity index is 792. The van der Waals surface area contributed by atoms with Crippen LogP contribution in [0.2, 0.25) is 0 Å². The maximum absolute atomic E-state index is 12.6. The number of fused-ring (bicyclic) bond motifs is 1. The lowest BCUT2D eigenvalue weighted by Gasteiger charge is -2.30. The lowest BCUT2D eigenvalue weighted by atomic mass is 9.78. The van der Waals surface area contributed by atoms with Crippen LogP contribution in [-0.2, 0) is 13.0 Å². The van der Waals surface area contributed by atoms with E-state index in [2.05, 4.69) is 44.6 Å². The number of nitrogens with one attached hydrogen (secondary N) is 2. The summed E-state index contributed by atoms with van der Waals surface area (Å²) >= 11 is 0. The summed E-state index contributed by atoms with van der Waals surface area (Å²) in [5.41, 5.74) is 4.43. The molecule has 0 radical (unpaired) electrons. The number of rotatable bonds is 6. The van der Waals surface area contributed by atoms with Gasteiger partial charge in [-0.2, -0.15) is 8.78 Å². The van der Waals surface area contributed by atoms with Gasteiger partial charge in [-0.05, 0) is 30.5 Å². The van der Waals surface area contributed by atoms with E-state index in [1.807, 2.05) is 13.0 Å². The molecule has 1 atom stereocenters. The van der Waals surface area contributed by atoms with Crippen molar-refractivity contribution in [1.29, 1.82) is 0 Å². The SMILES string of the molecule is CN=C(NCc1cc(C)ccc1OC(F)F)NCC1Cc2ccccc21. The number of alkyl halides is 2. The third kappa shape index (κ3) is 4.31. The van der Waals surface area contributed by atoms with Crippen molar-refractivity contribution in [2.75, 3.05) is 13.6 Å². The van der Waals surface area contributed by atoms with Crippen molar-refractivity contribution in [3.63, 3.8) is 0 Å². The van der Waals surface area contributed by atoms with Crippen LogP contribution in [0.3, 0.4) is 0 Å². The molecule has 0 saturated heterocycles. The van der Waals surface area contributed by atoms with Crippen LogP contribution in [0.15, 0.2) is 47.5 Å². The average molecular weight is 359 g/mol. The minimum Gasteiger partial charge on any atom is -0.434 e. The fourth-order valence-corrected chi connectivity index (χ4v) is 3.22. The first-order chi connectivity index (χ1) is 12.6. The van der Waals surface area contributed by atoms with Crippen LogP contribution in [0, 0.1) is 6.92 Å². The molecule has 3 rings (SSSR count). The van der Waals surface area contributed by atoms with Gasteiger partial charge in [-0.1, -0.05) is 42.0 Å². The van der Waals surface area contributed by atoms with Crippen LogP contribution in [0.5, 0.6) is 5.75 Å². The summed E-state index contributed by atoms with van der Waals surface area (Å²) in [6.45, 7) is 0.208. The Morgan fingerprint density at radius 2 is 2.04 bits per heavy atom. The first-order valence-electron chi connectivity index (χ1n) is 8.63. The van der Waals surface area contributed by atoms with Crippen molar-refractivity contribution in [2.45, 2.75) is 32.4 Å². The summed E-state index contributed by atoms with van der Waals surface area (Å²) < 4.78 is 29.7. The van der Waals surface area contributed by atoms with Crippen LogP contribution in [0.1, 0.15) is 28.2 Å². The molecule has 0 bridgehead atoms. The van der Waals surface area contributed by atoms with E-state index < -0.39 is 6.61 Å². The molecule has 2 aromatic carbocycles. The number of benzene rings is 2. The van der Waals surface area contributed by atoms with Gasteiger partial charge in [-0.25, -0.2) is 0 Å². The van der Waals surface area contributed by atoms with E-state index in [9.17, 15) is 8.78 Å². The molecule has 4 nitrogen and oxygen atoms in total. The van der Waals surface area contributed by atoms with Crippen LogP contribution in [0.4, 0.5) is 8.78 Å². The van der Waals surface area contributed by atoms with Crippen LogP contribution in [0.25, 0.3) is 0 Å². The highest BCUT2D eigenvalue weighted by Gasteiger charge is 2.25. The predicted octanol–water partition coefficient (Wildman–Crippen LogP) is 3.60. The van der Waals surface area contributed by atoms with E-state index in [0.717, 1.165) is 18.5 Å². The van der Waals surface area contributed by atoms with E-state index in [-0.39, 0.29) is 5.75 Å². The summed E-state index contributed by atoms with van der Waals surface area (Å²) in [5.74, 6) is 1.29. The molecule has 0 saturated carbocycles. The second-order valence-corrected chi connectivity index (χ2v) is 6.40. The lowest BCUT2D eigenvalue weighted by molar-refractivity contribution is -0.0504. The van der Waals surface area contributed by atoms with Gasteiger partial charge >= 0.3 is 6.61 Å². The van der Waals surface area contributed by atoms with Crippen molar-refractivity contribution < 1.29 is 13.5 Å². The fraction of sp³-hybridized carbons (Fsp3) is 0.350. The normalized spacial score (nSPS) is 16.0. The van der Waals surface area contributed by atoms with Gasteiger partial charge in [0.25, 0.3) is 0 Å². The molecule has 26 heavy (non-hydrogen) atoms. The third-order valence-electron chi connectivity index (χ3n) is 4.58. The number of halogens is 2. The number of ether oxygens (including phenoxy) is 1. The van der Waals surface area contributed by atoms with Gasteiger partial charge in [0, 0.05) is 31.6 Å². The molecule has 2 aromatic rings. The number of guanidine groups is 1. The summed E-state index contributed by atoms with van der Waals surface area (Å²) in [6.07, 6.45) is 1.06. The number of aliphatic imine (C=N–C) groups is 1. The fourth-order valence-electron chi connectivity index (χ4n) is 3.22. The Morgan fingerprint density at radius 3 is 2.77 bits per heavy atom. The first-order valence-corrected chi connectivity index (χ1v) is 8.63. The van der Waals surface area contributed by atoms with Gasteiger partial charge in [0.05, 0.1) is 0 Å². The molecule has 138 valence electrons. The van der Waals surface area contributed by atoms with E-state index in [1.54, 1.807) is 19.2 Å². The quantitative estimate of drug-likeness (QED) is 0.612. The zero-order valence-corrected chi connectivity index (χ0v) is 14.9. The molecule has 6 heteroatoms. The number of aryl methyl sites for hydroxylation is 1. The van der Waals surface area contributed by atoms with Crippen molar-refractivity contribution in [1.82, 2.24) is 10.6 Å². The highest BCUT2D eigenvalue weighted by atomic mass is 19.3. The highest BCUT2D eigenvalue weighted by molar-refractivity contribution is 5.79. The summed E-state index contributed by atoms with van der Waals surface area (Å²) in [5, 5.41) is 6.48. The minimum atomic E-state index is -2.84. The molecule has 2 N–H and O–H groups in total. The summed E-state index contributed by atoms with van der Waals surface area (Å²) in [6, 6.07) is 13.6. The van der Waals surface area contributed by atoms with Crippen molar-refractivity contribution in [3.8, 4) is 5.75 Å². The van der Waals surface area contributed by atoms with Crippen molar-refractivity contribution in [3.05, 3.63) is 64.7 Å². The topological polar surface area (TPSA) is 45.7 Å². The zero-order valence-electron chi connectivity index (χ0n) is 14.9. The Hall–Kier alpha value is -2.63. The lowest BCUT2D eigenvalue weighted by Crippen LogP contribution is -2.40. The Kier molecular flexibility index (Phi) is 5.71. The Balaban J connectivity index is 1.56. The number of nitrogens with zero attached hydrogens (tertiary/aromatic N) is 1. The van der Waals surface area contributed by atoms with Gasteiger partial charge in [0.2, 0.25) is 0 Å². The van der Waals surface area contributed by atoms with Gasteiger partial charge in [0.1, 0.15) is 5.75 Å². The number of hydrogen-bond donors (Lipinski definition) is 2. The smallest absolute Gasteiger partial charge is 0.387 e. The van der Waals surface area contributed by atoms with E-state index >= 15 is 0 Å². The monoisotopic (exact) mass is 359 g/mol. The molecule has 0 spiro atoms. The molecular weight excluding hydrogens is 336 g/mol. The van der Waals surface area contributed by atoms with Gasteiger partial charge in [-0.15, -0.1) is 0 Å². The van der Waals surface area contributed by atoms with Crippen molar-refractivity contribution >= 4 is 5.96 Å². The number of hydrogen-bond acceptors (Lipinski definition) is 2. The molecule has 0 amide bonds. The molecule has 1 aliphatic carbocycles. The molecule has 1 unspecified atom stereocenters. The molecule has 0 fully saturated rings. The Labute approximate surface area is 152 Å². The molecule has 1 aliphatic rings. The largest absolute Gasteiger partial charge is 0.434 e. The first kappa shape index (κ1) is 18.2. The second-order valence-electron chi connectivity index (χ2n) is 6.40. The molecule has 0 aromatic heterocycles. The van der Waals surface area contributed by atoms with Crippen LogP contribution >= 0.6 is 0 Å². The predicted molar refractivity (Wildman–Crippen MR) is 98.9 cm³/mol. The van der Waals surface area contributed by atoms with Gasteiger partial charge in [0.15, 0.2) is 5.96 Å². The van der Waals surface area contributed by atoms with Crippen LogP contribution < -0.4 is 15.4 Å². The summed E-state index contributed by atoms with van der Waals surface area (Å²) in [4.78, 5) is 4.21. The minimum absolute atomic E-state index is 0.182. The average Bonchev–Trinajstić information content (AvgIpc) is 2.60. The maximum Gasteiger partial charge on any atom is 0.387 e. The molecule has 0 aliphatic heterocycles. The molecule has 0 heterocycles. The van der Waals surface area contributed by atoms with E-state index in [1.165, 1.54) is 11.1 Å². The van der Waals surface area contributed by atoms with Crippen molar-refractivity contribution in [2.24, 2.45) is 4.99 Å². The van der Waals surface area contributed by atoms with Gasteiger partial charge < -0.3 is 15.4 Å². The third-order valence-corrected chi connectivity index (χ3v) is 4.58. The zero-order chi connectivity index (χ0) is 18.5. The molecular formula is C20H23F2N3O. The van der Waals surface area contributed by atoms with Crippen LogP contribution in [-0.4, -0.2) is 26.2 Å². The standard InChI is InChI=1S/C20H23F2N3O/c1-13-7-8-18(26-19(21)22)16(9-13)12-25-20(23-2)24-11-15-10-14-5-3-4-6-17(14)15/h3-9,15,19H,10-12H2,1-2H3,(H2,23,24,25). The highest BCUT2D eigenvalue weighted by Crippen LogP contribution is 2.33. The summed E-state index contributed by atoms with van der Waals surface area (Å²) in [7, 11) is 1.69. The van der Waals surface area contributed by atoms with Gasteiger partial charge in [-0.3, -0.25) is 4.99 Å². The second kappa shape index (κ2) is 8.17.